The maximum atomic E-state index is 11.5. The van der Waals surface area contributed by atoms with Gasteiger partial charge in [0.05, 0.1) is 0 Å². The van der Waals surface area contributed by atoms with E-state index in [1.165, 1.54) is 25.7 Å². The largest absolute Gasteiger partial charge is 0.294 e. The Morgan fingerprint density at radius 1 is 1.38 bits per heavy atom. The zero-order valence-electron chi connectivity index (χ0n) is 8.22. The highest BCUT2D eigenvalue weighted by atomic mass is 16.1. The van der Waals surface area contributed by atoms with Crippen LogP contribution in [-0.2, 0) is 4.79 Å². The second-order valence-corrected chi connectivity index (χ2v) is 3.60. The summed E-state index contributed by atoms with van der Waals surface area (Å²) in [6.45, 7) is 3.59. The molecular formula is C12H18O. The van der Waals surface area contributed by atoms with E-state index < -0.39 is 0 Å². The van der Waals surface area contributed by atoms with Gasteiger partial charge in [0.1, 0.15) is 0 Å². The van der Waals surface area contributed by atoms with Crippen LogP contribution in [-0.4, -0.2) is 5.78 Å². The van der Waals surface area contributed by atoms with E-state index in [1.807, 2.05) is 0 Å². The number of ketones is 1. The monoisotopic (exact) mass is 178 g/mol. The highest BCUT2D eigenvalue weighted by molar-refractivity contribution is 5.96. The zero-order valence-corrected chi connectivity index (χ0v) is 8.22. The summed E-state index contributed by atoms with van der Waals surface area (Å²) >= 11 is 0. The van der Waals surface area contributed by atoms with Gasteiger partial charge in [0, 0.05) is 6.42 Å². The minimum Gasteiger partial charge on any atom is -0.294 e. The Labute approximate surface area is 80.5 Å². The van der Waals surface area contributed by atoms with Gasteiger partial charge in [-0.1, -0.05) is 25.0 Å². The van der Waals surface area contributed by atoms with Crippen molar-refractivity contribution >= 4 is 5.78 Å². The van der Waals surface area contributed by atoms with E-state index in [4.69, 9.17) is 0 Å². The summed E-state index contributed by atoms with van der Waals surface area (Å²) in [7, 11) is 0. The first kappa shape index (κ1) is 10.2. The van der Waals surface area contributed by atoms with E-state index in [9.17, 15) is 4.79 Å². The summed E-state index contributed by atoms with van der Waals surface area (Å²) < 4.78 is 0. The van der Waals surface area contributed by atoms with Crippen molar-refractivity contribution in [2.45, 2.75) is 44.9 Å². The van der Waals surface area contributed by atoms with Crippen molar-refractivity contribution in [3.05, 3.63) is 24.3 Å². The molecule has 0 aliphatic heterocycles. The number of Topliss-reactive ketones (excluding diaryl/α,β-unsaturated/α-hetero) is 1. The first-order chi connectivity index (χ1) is 6.34. The fourth-order valence-corrected chi connectivity index (χ4v) is 1.71. The summed E-state index contributed by atoms with van der Waals surface area (Å²) in [5.74, 6) is 0.275. The Kier molecular flexibility index (Phi) is 4.52. The molecule has 0 aromatic heterocycles. The molecule has 0 aromatic rings. The normalized spacial score (nSPS) is 18.3. The molecular weight excluding hydrogens is 160 g/mol. The van der Waals surface area contributed by atoms with Crippen LogP contribution in [0.5, 0.6) is 0 Å². The van der Waals surface area contributed by atoms with Crippen molar-refractivity contribution in [1.29, 1.82) is 0 Å². The second-order valence-electron chi connectivity index (χ2n) is 3.60. The molecule has 0 N–H and O–H groups in total. The van der Waals surface area contributed by atoms with E-state index in [2.05, 4.69) is 12.7 Å². The van der Waals surface area contributed by atoms with Crippen LogP contribution in [0.3, 0.4) is 0 Å². The molecule has 0 atom stereocenters. The van der Waals surface area contributed by atoms with Crippen LogP contribution in [0.1, 0.15) is 44.9 Å². The third-order valence-corrected chi connectivity index (χ3v) is 2.48. The van der Waals surface area contributed by atoms with Gasteiger partial charge in [-0.25, -0.2) is 0 Å². The Balaban J connectivity index is 2.53. The van der Waals surface area contributed by atoms with Crippen LogP contribution in [0.2, 0.25) is 0 Å². The Bertz CT molecular complexity index is 213. The van der Waals surface area contributed by atoms with Crippen LogP contribution < -0.4 is 0 Å². The molecule has 1 heteroatoms. The van der Waals surface area contributed by atoms with Gasteiger partial charge in [-0.05, 0) is 31.3 Å². The molecule has 0 heterocycles. The van der Waals surface area contributed by atoms with Gasteiger partial charge < -0.3 is 0 Å². The Morgan fingerprint density at radius 3 is 2.92 bits per heavy atom. The predicted molar refractivity (Wildman–Crippen MR) is 55.6 cm³/mol. The van der Waals surface area contributed by atoms with Crippen molar-refractivity contribution in [3.8, 4) is 0 Å². The summed E-state index contributed by atoms with van der Waals surface area (Å²) in [4.78, 5) is 11.5. The Hall–Kier alpha value is -0.850. The Morgan fingerprint density at radius 2 is 2.15 bits per heavy atom. The number of carbonyl (C=O) groups is 1. The lowest BCUT2D eigenvalue weighted by atomic mass is 9.96. The van der Waals surface area contributed by atoms with Crippen LogP contribution in [0.15, 0.2) is 24.3 Å². The average Bonchev–Trinajstić information content (AvgIpc) is 2.03. The molecule has 0 bridgehead atoms. The molecule has 72 valence electrons. The molecule has 1 nitrogen and oxygen atoms in total. The number of allylic oxidation sites excluding steroid dienone is 3. The molecule has 0 spiro atoms. The van der Waals surface area contributed by atoms with E-state index in [0.29, 0.717) is 6.42 Å². The van der Waals surface area contributed by atoms with Crippen molar-refractivity contribution in [3.63, 3.8) is 0 Å². The third-order valence-electron chi connectivity index (χ3n) is 2.48. The minimum absolute atomic E-state index is 0.275. The van der Waals surface area contributed by atoms with Crippen molar-refractivity contribution < 1.29 is 4.79 Å². The summed E-state index contributed by atoms with van der Waals surface area (Å²) in [6, 6.07) is 0. The molecule has 0 saturated carbocycles. The zero-order chi connectivity index (χ0) is 9.52. The van der Waals surface area contributed by atoms with Gasteiger partial charge >= 0.3 is 0 Å². The number of hydrogen-bond donors (Lipinski definition) is 0. The van der Waals surface area contributed by atoms with E-state index in [-0.39, 0.29) is 5.78 Å². The third kappa shape index (κ3) is 3.58. The second kappa shape index (κ2) is 5.74. The summed E-state index contributed by atoms with van der Waals surface area (Å²) in [5.41, 5.74) is 1.04. The molecule has 0 amide bonds. The summed E-state index contributed by atoms with van der Waals surface area (Å²) in [6.07, 6.45) is 11.4. The number of carbonyl (C=O) groups excluding carboxylic acids is 1. The lowest BCUT2D eigenvalue weighted by Gasteiger charge is -2.09. The molecule has 1 aliphatic carbocycles. The van der Waals surface area contributed by atoms with Crippen LogP contribution in [0.25, 0.3) is 0 Å². The number of rotatable bonds is 3. The maximum Gasteiger partial charge on any atom is 0.162 e. The molecule has 1 aliphatic rings. The molecule has 0 aromatic carbocycles. The quantitative estimate of drug-likeness (QED) is 0.605. The maximum absolute atomic E-state index is 11.5. The predicted octanol–water partition coefficient (Wildman–Crippen LogP) is 3.41. The van der Waals surface area contributed by atoms with Gasteiger partial charge in [0.2, 0.25) is 0 Å². The topological polar surface area (TPSA) is 17.1 Å². The lowest BCUT2D eigenvalue weighted by molar-refractivity contribution is -0.115. The SMILES string of the molecule is C=CCC(=O)C1=CCCCCCC1. The van der Waals surface area contributed by atoms with Crippen LogP contribution >= 0.6 is 0 Å². The van der Waals surface area contributed by atoms with Gasteiger partial charge in [-0.3, -0.25) is 4.79 Å². The standard InChI is InChI=1S/C12H18O/c1-2-8-12(13)11-9-6-4-3-5-7-10-11/h2,9H,1,3-8,10H2. The summed E-state index contributed by atoms with van der Waals surface area (Å²) in [5, 5.41) is 0. The smallest absolute Gasteiger partial charge is 0.162 e. The van der Waals surface area contributed by atoms with Crippen LogP contribution in [0, 0.1) is 0 Å². The first-order valence-electron chi connectivity index (χ1n) is 5.17. The molecule has 0 fully saturated rings. The van der Waals surface area contributed by atoms with Gasteiger partial charge in [0.15, 0.2) is 5.78 Å². The van der Waals surface area contributed by atoms with E-state index in [1.54, 1.807) is 6.08 Å². The lowest BCUT2D eigenvalue weighted by Crippen LogP contribution is -2.02. The van der Waals surface area contributed by atoms with Crippen molar-refractivity contribution in [2.24, 2.45) is 0 Å². The first-order valence-corrected chi connectivity index (χ1v) is 5.17. The van der Waals surface area contributed by atoms with E-state index in [0.717, 1.165) is 18.4 Å². The minimum atomic E-state index is 0.275. The van der Waals surface area contributed by atoms with Gasteiger partial charge in [-0.2, -0.15) is 0 Å². The molecule has 0 radical (unpaired) electrons. The fourth-order valence-electron chi connectivity index (χ4n) is 1.71. The average molecular weight is 178 g/mol. The van der Waals surface area contributed by atoms with E-state index >= 15 is 0 Å². The van der Waals surface area contributed by atoms with Crippen LogP contribution in [0.4, 0.5) is 0 Å². The molecule has 0 unspecified atom stereocenters. The van der Waals surface area contributed by atoms with Crippen molar-refractivity contribution in [2.75, 3.05) is 0 Å². The van der Waals surface area contributed by atoms with Gasteiger partial charge in [-0.15, -0.1) is 6.58 Å². The van der Waals surface area contributed by atoms with Crippen molar-refractivity contribution in [1.82, 2.24) is 0 Å². The molecule has 0 saturated heterocycles. The van der Waals surface area contributed by atoms with Gasteiger partial charge in [0.25, 0.3) is 0 Å². The highest BCUT2D eigenvalue weighted by Gasteiger charge is 2.08. The fraction of sp³-hybridized carbons (Fsp3) is 0.583. The molecule has 1 rings (SSSR count). The molecule has 13 heavy (non-hydrogen) atoms. The highest BCUT2D eigenvalue weighted by Crippen LogP contribution is 2.18. The number of hydrogen-bond acceptors (Lipinski definition) is 1.